The van der Waals surface area contributed by atoms with Crippen LogP contribution in [0.3, 0.4) is 0 Å². The minimum absolute atomic E-state index is 0.235. The van der Waals surface area contributed by atoms with E-state index in [1.54, 1.807) is 48.8 Å². The number of aromatic nitrogens is 4. The molecule has 1 saturated carbocycles. The van der Waals surface area contributed by atoms with Crippen LogP contribution in [-0.4, -0.2) is 47.0 Å². The second-order valence-corrected chi connectivity index (χ2v) is 12.2. The summed E-state index contributed by atoms with van der Waals surface area (Å²) in [7, 11) is 0. The Kier molecular flexibility index (Phi) is 5.61. The largest absolute Gasteiger partial charge is 0.390 e. The number of carbonyl (C=O) groups is 2. The second-order valence-electron chi connectivity index (χ2n) is 12.2. The molecule has 1 N–H and O–H groups in total. The first-order valence-electron chi connectivity index (χ1n) is 14.7. The number of carbonyl (C=O) groups excluding carboxylic acids is 2. The molecule has 0 saturated heterocycles. The van der Waals surface area contributed by atoms with E-state index in [1.807, 2.05) is 60.7 Å². The number of fused-ring (bicyclic) bond motifs is 4. The smallest absolute Gasteiger partial charge is 0.262 e. The summed E-state index contributed by atoms with van der Waals surface area (Å²) in [4.78, 5) is 38.1. The lowest BCUT2D eigenvalue weighted by Gasteiger charge is -2.55. The molecule has 1 aliphatic carbocycles. The third-order valence-electron chi connectivity index (χ3n) is 9.05. The Balaban J connectivity index is 1.28. The van der Waals surface area contributed by atoms with Gasteiger partial charge in [0.05, 0.1) is 33.7 Å². The number of aryl methyl sites for hydroxylation is 1. The molecule has 6 aromatic rings. The fourth-order valence-electron chi connectivity index (χ4n) is 7.10. The Hall–Kier alpha value is -5.72. The van der Waals surface area contributed by atoms with Gasteiger partial charge in [-0.1, -0.05) is 66.7 Å². The van der Waals surface area contributed by atoms with E-state index >= 15 is 0 Å². The summed E-state index contributed by atoms with van der Waals surface area (Å²) in [6.07, 6.45) is 2.19. The maximum absolute atomic E-state index is 13.6. The van der Waals surface area contributed by atoms with E-state index < -0.39 is 11.1 Å². The molecule has 1 fully saturated rings. The Morgan fingerprint density at radius 1 is 0.844 bits per heavy atom. The summed E-state index contributed by atoms with van der Waals surface area (Å²) in [5.41, 5.74) is 4.92. The zero-order valence-corrected chi connectivity index (χ0v) is 24.5. The number of pyridine rings is 1. The molecule has 9 heteroatoms. The minimum Gasteiger partial charge on any atom is -0.390 e. The molecule has 3 aromatic carbocycles. The zero-order valence-electron chi connectivity index (χ0n) is 24.5. The topological polar surface area (TPSA) is 124 Å². The first-order valence-corrected chi connectivity index (χ1v) is 14.7. The molecule has 0 unspecified atom stereocenters. The van der Waals surface area contributed by atoms with Crippen LogP contribution in [0.2, 0.25) is 0 Å². The highest BCUT2D eigenvalue weighted by molar-refractivity contribution is 6.22. The van der Waals surface area contributed by atoms with Gasteiger partial charge in [0.1, 0.15) is 11.6 Å². The predicted molar refractivity (Wildman–Crippen MR) is 167 cm³/mol. The number of rotatable bonds is 4. The highest BCUT2D eigenvalue weighted by atomic mass is 16.3. The normalized spacial score (nSPS) is 20.8. The summed E-state index contributed by atoms with van der Waals surface area (Å²) in [6.45, 7) is 3.51. The predicted octanol–water partition coefficient (Wildman–Crippen LogP) is 5.83. The van der Waals surface area contributed by atoms with Crippen molar-refractivity contribution in [3.05, 3.63) is 119 Å². The van der Waals surface area contributed by atoms with Gasteiger partial charge >= 0.3 is 0 Å². The van der Waals surface area contributed by atoms with E-state index in [0.717, 1.165) is 27.6 Å². The molecular weight excluding hydrogens is 564 g/mol. The molecule has 2 aliphatic rings. The molecule has 8 rings (SSSR count). The SMILES string of the molecule is Cc1nn2c(ncc3cc(-c4ccccc4)c(-c4ccc(C5(N6C(=O)c7ccccc7C6=O)CC(C)(O)C5)cc4)nc32)c1C#N. The number of imide groups is 1. The van der Waals surface area contributed by atoms with Crippen LogP contribution in [0, 0.1) is 18.3 Å². The number of amides is 2. The highest BCUT2D eigenvalue weighted by Gasteiger charge is 2.60. The van der Waals surface area contributed by atoms with E-state index in [2.05, 4.69) is 16.2 Å². The summed E-state index contributed by atoms with van der Waals surface area (Å²) < 4.78 is 1.61. The molecule has 4 heterocycles. The monoisotopic (exact) mass is 590 g/mol. The third kappa shape index (κ3) is 3.86. The van der Waals surface area contributed by atoms with Gasteiger partial charge < -0.3 is 5.11 Å². The zero-order chi connectivity index (χ0) is 31.1. The Bertz CT molecular complexity index is 2220. The Labute approximate surface area is 258 Å². The van der Waals surface area contributed by atoms with Gasteiger partial charge in [-0.25, -0.2) is 9.97 Å². The van der Waals surface area contributed by atoms with Crippen LogP contribution in [0.15, 0.2) is 91.1 Å². The van der Waals surface area contributed by atoms with E-state index in [0.29, 0.717) is 39.4 Å². The summed E-state index contributed by atoms with van der Waals surface area (Å²) >= 11 is 0. The van der Waals surface area contributed by atoms with Gasteiger partial charge in [-0.05, 0) is 43.2 Å². The van der Waals surface area contributed by atoms with Crippen LogP contribution in [-0.2, 0) is 5.54 Å². The first kappa shape index (κ1) is 26.9. The van der Waals surface area contributed by atoms with Crippen molar-refractivity contribution in [2.45, 2.75) is 37.8 Å². The van der Waals surface area contributed by atoms with Gasteiger partial charge in [0.25, 0.3) is 11.8 Å². The molecule has 2 amide bonds. The van der Waals surface area contributed by atoms with Crippen LogP contribution >= 0.6 is 0 Å². The molecular formula is C36H26N6O3. The standard InChI is InChI=1S/C36H26N6O3/c1-21-29(17-37)32-38-18-24-16-28(22-8-4-3-5-9-22)30(39-31(24)42(32)40-21)23-12-14-25(15-13-23)36(19-35(2,45)20-36)41-33(43)26-10-6-7-11-27(26)34(41)44/h3-16,18,45H,19-20H2,1-2H3. The summed E-state index contributed by atoms with van der Waals surface area (Å²) in [5, 5.41) is 25.9. The molecule has 0 spiro atoms. The third-order valence-corrected chi connectivity index (χ3v) is 9.05. The number of hydrogen-bond acceptors (Lipinski definition) is 7. The molecule has 0 radical (unpaired) electrons. The van der Waals surface area contributed by atoms with Crippen LogP contribution < -0.4 is 0 Å². The fourth-order valence-corrected chi connectivity index (χ4v) is 7.10. The number of benzene rings is 3. The van der Waals surface area contributed by atoms with Gasteiger partial charge in [-0.2, -0.15) is 14.9 Å². The summed E-state index contributed by atoms with van der Waals surface area (Å²) in [6, 6.07) is 28.7. The lowest BCUT2D eigenvalue weighted by molar-refractivity contribution is -0.118. The highest BCUT2D eigenvalue weighted by Crippen LogP contribution is 2.54. The van der Waals surface area contributed by atoms with Crippen LogP contribution in [0.25, 0.3) is 39.1 Å². The number of aliphatic hydroxyl groups is 1. The van der Waals surface area contributed by atoms with Crippen molar-refractivity contribution in [2.24, 2.45) is 0 Å². The van der Waals surface area contributed by atoms with Crippen molar-refractivity contribution < 1.29 is 14.7 Å². The van der Waals surface area contributed by atoms with Gasteiger partial charge in [-0.15, -0.1) is 0 Å². The maximum Gasteiger partial charge on any atom is 0.262 e. The lowest BCUT2D eigenvalue weighted by Crippen LogP contribution is -2.63. The number of hydrogen-bond donors (Lipinski definition) is 1. The van der Waals surface area contributed by atoms with Crippen LogP contribution in [0.5, 0.6) is 0 Å². The average molecular weight is 591 g/mol. The van der Waals surface area contributed by atoms with Gasteiger partial charge in [0, 0.05) is 35.6 Å². The number of nitriles is 1. The molecule has 0 bridgehead atoms. The quantitative estimate of drug-likeness (QED) is 0.256. The van der Waals surface area contributed by atoms with E-state index in [1.165, 1.54) is 4.90 Å². The van der Waals surface area contributed by atoms with E-state index in [9.17, 15) is 20.0 Å². The van der Waals surface area contributed by atoms with E-state index in [-0.39, 0.29) is 24.7 Å². The molecule has 1 aliphatic heterocycles. The molecule has 218 valence electrons. The van der Waals surface area contributed by atoms with E-state index in [4.69, 9.17) is 4.98 Å². The van der Waals surface area contributed by atoms with Crippen molar-refractivity contribution in [1.82, 2.24) is 24.5 Å². The maximum atomic E-state index is 13.6. The van der Waals surface area contributed by atoms with Gasteiger partial charge in [0.2, 0.25) is 0 Å². The minimum atomic E-state index is -1.02. The van der Waals surface area contributed by atoms with Gasteiger partial charge in [-0.3, -0.25) is 14.5 Å². The van der Waals surface area contributed by atoms with Crippen molar-refractivity contribution in [3.63, 3.8) is 0 Å². The van der Waals surface area contributed by atoms with Crippen molar-refractivity contribution >= 4 is 28.5 Å². The van der Waals surface area contributed by atoms with Crippen LogP contribution in [0.1, 0.15) is 57.3 Å². The van der Waals surface area contributed by atoms with Crippen molar-refractivity contribution in [3.8, 4) is 28.5 Å². The van der Waals surface area contributed by atoms with Crippen molar-refractivity contribution in [2.75, 3.05) is 0 Å². The lowest BCUT2D eigenvalue weighted by atomic mass is 9.61. The molecule has 3 aromatic heterocycles. The Morgan fingerprint density at radius 3 is 2.11 bits per heavy atom. The summed E-state index contributed by atoms with van der Waals surface area (Å²) in [5.74, 6) is -0.691. The average Bonchev–Trinajstić information content (AvgIpc) is 3.51. The first-order chi connectivity index (χ1) is 21.7. The molecule has 9 nitrogen and oxygen atoms in total. The molecule has 45 heavy (non-hydrogen) atoms. The number of nitrogens with zero attached hydrogens (tertiary/aromatic N) is 6. The van der Waals surface area contributed by atoms with Gasteiger partial charge in [0.15, 0.2) is 11.3 Å². The fraction of sp³-hybridized carbons (Fsp3) is 0.167. The second kappa shape index (κ2) is 9.39. The molecule has 0 atom stereocenters. The Morgan fingerprint density at radius 2 is 1.49 bits per heavy atom. The van der Waals surface area contributed by atoms with Crippen molar-refractivity contribution in [1.29, 1.82) is 5.26 Å². The van der Waals surface area contributed by atoms with Crippen LogP contribution in [0.4, 0.5) is 0 Å².